The normalized spacial score (nSPS) is 10.7. The third-order valence-corrected chi connectivity index (χ3v) is 4.28. The van der Waals surface area contributed by atoms with Gasteiger partial charge in [-0.05, 0) is 35.4 Å². The number of hydrogen-bond donors (Lipinski definition) is 0. The van der Waals surface area contributed by atoms with E-state index in [-0.39, 0.29) is 12.5 Å². The van der Waals surface area contributed by atoms with Gasteiger partial charge < -0.3 is 14.5 Å². The summed E-state index contributed by atoms with van der Waals surface area (Å²) >= 11 is 6.01. The molecule has 0 radical (unpaired) electrons. The highest BCUT2D eigenvalue weighted by atomic mass is 35.5. The van der Waals surface area contributed by atoms with Crippen molar-refractivity contribution in [1.29, 1.82) is 0 Å². The number of likely N-dealkylation sites (N-methyl/N-ethyl adjacent to an activating group) is 1. The average Bonchev–Trinajstić information content (AvgIpc) is 2.65. The standard InChI is InChI=1S/C21H23ClN2O3/c1-23(2)18-11-8-16(9-12-18)14-24(3)20(25)15-27-21(26)13-10-17-6-4-5-7-19(17)22/h4-13H,14-15H2,1-3H3/b13-10+. The lowest BCUT2D eigenvalue weighted by atomic mass is 10.2. The third-order valence-electron chi connectivity index (χ3n) is 3.94. The molecule has 5 nitrogen and oxygen atoms in total. The number of halogens is 1. The lowest BCUT2D eigenvalue weighted by Gasteiger charge is -2.18. The molecule has 27 heavy (non-hydrogen) atoms. The molecule has 2 rings (SSSR count). The van der Waals surface area contributed by atoms with Gasteiger partial charge in [0.25, 0.3) is 5.91 Å². The maximum absolute atomic E-state index is 12.2. The van der Waals surface area contributed by atoms with Gasteiger partial charge in [0.1, 0.15) is 0 Å². The Morgan fingerprint density at radius 2 is 1.70 bits per heavy atom. The van der Waals surface area contributed by atoms with Gasteiger partial charge in [0, 0.05) is 44.5 Å². The maximum atomic E-state index is 12.2. The van der Waals surface area contributed by atoms with Crippen molar-refractivity contribution in [3.05, 3.63) is 70.8 Å². The van der Waals surface area contributed by atoms with E-state index < -0.39 is 5.97 Å². The van der Waals surface area contributed by atoms with Crippen molar-refractivity contribution in [2.75, 3.05) is 32.6 Å². The SMILES string of the molecule is CN(Cc1ccc(N(C)C)cc1)C(=O)COC(=O)/C=C/c1ccccc1Cl. The van der Waals surface area contributed by atoms with Crippen LogP contribution in [0.25, 0.3) is 6.08 Å². The van der Waals surface area contributed by atoms with E-state index in [1.807, 2.05) is 49.3 Å². The molecule has 0 aliphatic rings. The van der Waals surface area contributed by atoms with Gasteiger partial charge in [-0.1, -0.05) is 41.9 Å². The summed E-state index contributed by atoms with van der Waals surface area (Å²) in [6.07, 6.45) is 2.82. The minimum Gasteiger partial charge on any atom is -0.452 e. The summed E-state index contributed by atoms with van der Waals surface area (Å²) in [5.74, 6) is -0.863. The number of nitrogens with zero attached hydrogens (tertiary/aromatic N) is 2. The Balaban J connectivity index is 1.82. The van der Waals surface area contributed by atoms with Crippen molar-refractivity contribution in [3.8, 4) is 0 Å². The molecule has 0 N–H and O–H groups in total. The number of anilines is 1. The van der Waals surface area contributed by atoms with Crippen molar-refractivity contribution in [3.63, 3.8) is 0 Å². The van der Waals surface area contributed by atoms with Crippen molar-refractivity contribution in [2.24, 2.45) is 0 Å². The summed E-state index contributed by atoms with van der Waals surface area (Å²) < 4.78 is 5.01. The number of carbonyl (C=O) groups is 2. The zero-order valence-electron chi connectivity index (χ0n) is 15.7. The molecular formula is C21H23ClN2O3. The van der Waals surface area contributed by atoms with Crippen LogP contribution < -0.4 is 4.90 Å². The average molecular weight is 387 g/mol. The van der Waals surface area contributed by atoms with Crippen LogP contribution in [0.4, 0.5) is 5.69 Å². The van der Waals surface area contributed by atoms with Crippen LogP contribution in [0.3, 0.4) is 0 Å². The second-order valence-corrected chi connectivity index (χ2v) is 6.68. The van der Waals surface area contributed by atoms with Gasteiger partial charge >= 0.3 is 5.97 Å². The first-order valence-corrected chi connectivity index (χ1v) is 8.84. The van der Waals surface area contributed by atoms with E-state index in [1.165, 1.54) is 11.0 Å². The molecule has 0 atom stereocenters. The fourth-order valence-electron chi connectivity index (χ4n) is 2.32. The van der Waals surface area contributed by atoms with Crippen LogP contribution in [0.2, 0.25) is 5.02 Å². The van der Waals surface area contributed by atoms with Crippen LogP contribution in [0.5, 0.6) is 0 Å². The number of rotatable bonds is 7. The molecule has 0 aromatic heterocycles. The third kappa shape index (κ3) is 6.46. The summed E-state index contributed by atoms with van der Waals surface area (Å²) in [7, 11) is 5.62. The number of hydrogen-bond acceptors (Lipinski definition) is 4. The quantitative estimate of drug-likeness (QED) is 0.538. The highest BCUT2D eigenvalue weighted by Gasteiger charge is 2.11. The van der Waals surface area contributed by atoms with Crippen LogP contribution in [0, 0.1) is 0 Å². The van der Waals surface area contributed by atoms with Gasteiger partial charge in [0.15, 0.2) is 6.61 Å². The summed E-state index contributed by atoms with van der Waals surface area (Å²) in [6, 6.07) is 15.1. The fraction of sp³-hybridized carbons (Fsp3) is 0.238. The molecule has 0 saturated carbocycles. The molecule has 0 saturated heterocycles. The molecule has 0 spiro atoms. The lowest BCUT2D eigenvalue weighted by molar-refractivity contribution is -0.147. The van der Waals surface area contributed by atoms with Gasteiger partial charge in [0.05, 0.1) is 0 Å². The number of amides is 1. The molecule has 0 fully saturated rings. The van der Waals surface area contributed by atoms with Crippen molar-refractivity contribution < 1.29 is 14.3 Å². The fourth-order valence-corrected chi connectivity index (χ4v) is 2.52. The molecule has 1 amide bonds. The zero-order valence-corrected chi connectivity index (χ0v) is 16.4. The Morgan fingerprint density at radius 3 is 2.33 bits per heavy atom. The second-order valence-electron chi connectivity index (χ2n) is 6.27. The van der Waals surface area contributed by atoms with Crippen molar-refractivity contribution >= 4 is 35.2 Å². The maximum Gasteiger partial charge on any atom is 0.331 e. The summed E-state index contributed by atoms with van der Waals surface area (Å²) in [4.78, 5) is 27.5. The van der Waals surface area contributed by atoms with Crippen molar-refractivity contribution in [1.82, 2.24) is 4.90 Å². The largest absolute Gasteiger partial charge is 0.452 e. The highest BCUT2D eigenvalue weighted by molar-refractivity contribution is 6.32. The van der Waals surface area contributed by atoms with Crippen LogP contribution >= 0.6 is 11.6 Å². The van der Waals surface area contributed by atoms with Crippen LogP contribution in [0.1, 0.15) is 11.1 Å². The molecule has 142 valence electrons. The Labute approximate surface area is 164 Å². The summed E-state index contributed by atoms with van der Waals surface area (Å²) in [5.41, 5.74) is 2.80. The smallest absolute Gasteiger partial charge is 0.331 e. The molecule has 0 heterocycles. The van der Waals surface area contributed by atoms with Gasteiger partial charge in [0.2, 0.25) is 0 Å². The molecule has 0 aliphatic heterocycles. The molecule has 2 aromatic carbocycles. The lowest BCUT2D eigenvalue weighted by Crippen LogP contribution is -2.30. The van der Waals surface area contributed by atoms with Gasteiger partial charge in [-0.25, -0.2) is 4.79 Å². The monoisotopic (exact) mass is 386 g/mol. The number of carbonyl (C=O) groups excluding carboxylic acids is 2. The molecular weight excluding hydrogens is 364 g/mol. The number of benzene rings is 2. The van der Waals surface area contributed by atoms with E-state index >= 15 is 0 Å². The number of esters is 1. The molecule has 0 aliphatic carbocycles. The first kappa shape index (κ1) is 20.5. The van der Waals surface area contributed by atoms with Gasteiger partial charge in [-0.3, -0.25) is 4.79 Å². The van der Waals surface area contributed by atoms with Crippen LogP contribution in [0.15, 0.2) is 54.6 Å². The van der Waals surface area contributed by atoms with Gasteiger partial charge in [-0.2, -0.15) is 0 Å². The zero-order chi connectivity index (χ0) is 19.8. The summed E-state index contributed by atoms with van der Waals surface area (Å²) in [6.45, 7) is 0.136. The van der Waals surface area contributed by atoms with E-state index in [4.69, 9.17) is 16.3 Å². The van der Waals surface area contributed by atoms with Crippen LogP contribution in [-0.2, 0) is 20.9 Å². The van der Waals surface area contributed by atoms with E-state index in [1.54, 1.807) is 31.3 Å². The Morgan fingerprint density at radius 1 is 1.04 bits per heavy atom. The van der Waals surface area contributed by atoms with E-state index in [0.717, 1.165) is 11.3 Å². The van der Waals surface area contributed by atoms with Crippen LogP contribution in [-0.4, -0.2) is 44.5 Å². The highest BCUT2D eigenvalue weighted by Crippen LogP contribution is 2.16. The topological polar surface area (TPSA) is 49.9 Å². The first-order chi connectivity index (χ1) is 12.9. The Bertz CT molecular complexity index is 816. The molecule has 2 aromatic rings. The van der Waals surface area contributed by atoms with Crippen molar-refractivity contribution in [2.45, 2.75) is 6.54 Å². The van der Waals surface area contributed by atoms with E-state index in [9.17, 15) is 9.59 Å². The molecule has 6 heteroatoms. The Kier molecular flexibility index (Phi) is 7.44. The summed E-state index contributed by atoms with van der Waals surface area (Å²) in [5, 5.41) is 0.539. The minimum absolute atomic E-state index is 0.272. The predicted octanol–water partition coefficient (Wildman–Crippen LogP) is 3.62. The Hall–Kier alpha value is -2.79. The minimum atomic E-state index is -0.591. The number of ether oxygens (including phenoxy) is 1. The first-order valence-electron chi connectivity index (χ1n) is 8.46. The second kappa shape index (κ2) is 9.78. The molecule has 0 bridgehead atoms. The predicted molar refractivity (Wildman–Crippen MR) is 109 cm³/mol. The van der Waals surface area contributed by atoms with Gasteiger partial charge in [-0.15, -0.1) is 0 Å². The van der Waals surface area contributed by atoms with E-state index in [0.29, 0.717) is 17.1 Å². The molecule has 0 unspecified atom stereocenters. The van der Waals surface area contributed by atoms with E-state index in [2.05, 4.69) is 0 Å².